The van der Waals surface area contributed by atoms with Gasteiger partial charge < -0.3 is 0 Å². The van der Waals surface area contributed by atoms with Crippen LogP contribution in [0.2, 0.25) is 0 Å². The average molecular weight is 663 g/mol. The highest BCUT2D eigenvalue weighted by Gasteiger charge is 2.48. The van der Waals surface area contributed by atoms with Crippen LogP contribution >= 0.6 is 0 Å². The molecule has 0 saturated heterocycles. The maximum atomic E-state index is 5.63. The van der Waals surface area contributed by atoms with Crippen molar-refractivity contribution in [2.45, 2.75) is 5.41 Å². The molecule has 0 unspecified atom stereocenters. The van der Waals surface area contributed by atoms with Crippen molar-refractivity contribution in [1.82, 2.24) is 19.5 Å². The second kappa shape index (κ2) is 11.0. The number of hydrogen-bond acceptors (Lipinski definition) is 3. The van der Waals surface area contributed by atoms with Gasteiger partial charge in [-0.15, -0.1) is 0 Å². The van der Waals surface area contributed by atoms with Crippen molar-refractivity contribution in [1.29, 1.82) is 0 Å². The number of fused-ring (bicyclic) bond motifs is 10. The van der Waals surface area contributed by atoms with E-state index in [0.29, 0.717) is 17.6 Å². The highest BCUT2D eigenvalue weighted by molar-refractivity contribution is 6.28. The van der Waals surface area contributed by atoms with E-state index in [0.717, 1.165) is 33.3 Å². The predicted octanol–water partition coefficient (Wildman–Crippen LogP) is 11.3. The normalized spacial score (nSPS) is 13.2. The molecule has 4 heteroatoms. The van der Waals surface area contributed by atoms with Gasteiger partial charge >= 0.3 is 0 Å². The Morgan fingerprint density at radius 3 is 1.50 bits per heavy atom. The summed E-state index contributed by atoms with van der Waals surface area (Å²) in [6.45, 7) is 0. The minimum atomic E-state index is -0.784. The third-order valence-electron chi connectivity index (χ3n) is 10.9. The third-order valence-corrected chi connectivity index (χ3v) is 10.9. The van der Waals surface area contributed by atoms with Crippen LogP contribution in [0.1, 0.15) is 22.5 Å². The minimum Gasteiger partial charge on any atom is -0.278 e. The highest BCUT2D eigenvalue weighted by atomic mass is 15.2. The fraction of sp³-hybridized carbons (Fsp3) is 0.0208. The van der Waals surface area contributed by atoms with E-state index in [1.165, 1.54) is 43.4 Å². The maximum Gasteiger partial charge on any atom is 0.238 e. The SMILES string of the molecule is c1ccc(-c2nc(-n3c4ccc5ccccc5c4c4c5ccccc5ccc43)nc(C3(c4ccccc4)c4ccccc4-c4ccccc43)n2)cc1. The Hall–Kier alpha value is -6.91. The summed E-state index contributed by atoms with van der Waals surface area (Å²) in [4.78, 5) is 16.5. The molecule has 2 heterocycles. The van der Waals surface area contributed by atoms with Crippen LogP contribution in [0.15, 0.2) is 182 Å². The molecule has 0 saturated carbocycles. The van der Waals surface area contributed by atoms with Crippen LogP contribution in [0.4, 0.5) is 0 Å². The van der Waals surface area contributed by atoms with Crippen molar-refractivity contribution in [2.75, 3.05) is 0 Å². The molecular weight excluding hydrogens is 633 g/mol. The minimum absolute atomic E-state index is 0.589. The number of hydrogen-bond donors (Lipinski definition) is 0. The van der Waals surface area contributed by atoms with E-state index >= 15 is 0 Å². The van der Waals surface area contributed by atoms with Crippen LogP contribution in [0.5, 0.6) is 0 Å². The number of benzene rings is 8. The lowest BCUT2D eigenvalue weighted by molar-refractivity contribution is 0.683. The maximum absolute atomic E-state index is 5.63. The number of rotatable bonds is 4. The van der Waals surface area contributed by atoms with E-state index in [1.54, 1.807) is 0 Å². The van der Waals surface area contributed by atoms with E-state index < -0.39 is 5.41 Å². The molecule has 1 aliphatic carbocycles. The molecule has 10 aromatic rings. The van der Waals surface area contributed by atoms with Crippen LogP contribution in [0.3, 0.4) is 0 Å². The Kier molecular flexibility index (Phi) is 6.13. The van der Waals surface area contributed by atoms with Crippen molar-refractivity contribution in [2.24, 2.45) is 0 Å². The summed E-state index contributed by atoms with van der Waals surface area (Å²) in [5, 5.41) is 7.20. The lowest BCUT2D eigenvalue weighted by atomic mass is 9.71. The summed E-state index contributed by atoms with van der Waals surface area (Å²) >= 11 is 0. The lowest BCUT2D eigenvalue weighted by Crippen LogP contribution is -2.32. The zero-order valence-corrected chi connectivity index (χ0v) is 28.1. The predicted molar refractivity (Wildman–Crippen MR) is 212 cm³/mol. The van der Waals surface area contributed by atoms with Crippen molar-refractivity contribution < 1.29 is 0 Å². The molecule has 0 N–H and O–H groups in total. The smallest absolute Gasteiger partial charge is 0.238 e. The molecule has 0 bridgehead atoms. The largest absolute Gasteiger partial charge is 0.278 e. The van der Waals surface area contributed by atoms with Crippen LogP contribution < -0.4 is 0 Å². The molecule has 8 aromatic carbocycles. The van der Waals surface area contributed by atoms with Crippen molar-refractivity contribution in [3.05, 3.63) is 205 Å². The van der Waals surface area contributed by atoms with Crippen LogP contribution in [-0.2, 0) is 5.41 Å². The molecule has 0 atom stereocenters. The summed E-state index contributed by atoms with van der Waals surface area (Å²) in [6, 6.07) is 64.7. The summed E-state index contributed by atoms with van der Waals surface area (Å²) < 4.78 is 2.26. The van der Waals surface area contributed by atoms with Gasteiger partial charge in [0.25, 0.3) is 0 Å². The summed E-state index contributed by atoms with van der Waals surface area (Å²) in [5.41, 5.74) is 8.10. The standard InChI is InChI=1S/C48H30N4/c1-3-17-33(18-4-1)45-49-46(48(34-19-5-2-6-20-34)39-25-13-11-23-37(39)38-24-12-14-26-40(38)48)51-47(50-45)52-41-29-27-31-15-7-9-21-35(31)43(41)44-36-22-10-8-16-32(36)28-30-42(44)52/h1-30H. The van der Waals surface area contributed by atoms with Gasteiger partial charge in [-0.2, -0.15) is 9.97 Å². The van der Waals surface area contributed by atoms with Gasteiger partial charge in [0.1, 0.15) is 5.41 Å². The van der Waals surface area contributed by atoms with Crippen molar-refractivity contribution in [3.63, 3.8) is 0 Å². The van der Waals surface area contributed by atoms with Gasteiger partial charge in [0, 0.05) is 16.3 Å². The Morgan fingerprint density at radius 1 is 0.404 bits per heavy atom. The van der Waals surface area contributed by atoms with Crippen LogP contribution in [0.25, 0.3) is 71.8 Å². The molecule has 11 rings (SSSR count). The van der Waals surface area contributed by atoms with E-state index in [1.807, 2.05) is 18.2 Å². The van der Waals surface area contributed by atoms with Gasteiger partial charge in [-0.1, -0.05) is 170 Å². The first-order valence-corrected chi connectivity index (χ1v) is 17.7. The fourth-order valence-electron chi connectivity index (χ4n) is 8.72. The molecule has 0 spiro atoms. The Balaban J connectivity index is 1.32. The van der Waals surface area contributed by atoms with E-state index in [2.05, 4.69) is 168 Å². The van der Waals surface area contributed by atoms with Crippen LogP contribution in [-0.4, -0.2) is 19.5 Å². The van der Waals surface area contributed by atoms with E-state index in [-0.39, 0.29) is 0 Å². The molecule has 2 aromatic heterocycles. The molecule has 0 radical (unpaired) electrons. The molecule has 0 amide bonds. The average Bonchev–Trinajstić information content (AvgIpc) is 3.73. The monoisotopic (exact) mass is 662 g/mol. The first-order valence-electron chi connectivity index (χ1n) is 17.7. The molecular formula is C48H30N4. The van der Waals surface area contributed by atoms with E-state index in [4.69, 9.17) is 15.0 Å². The van der Waals surface area contributed by atoms with Crippen LogP contribution in [0, 0.1) is 0 Å². The Bertz CT molecular complexity index is 2880. The zero-order chi connectivity index (χ0) is 34.2. The Morgan fingerprint density at radius 2 is 0.904 bits per heavy atom. The Labute approximate surface area is 300 Å². The molecule has 242 valence electrons. The topological polar surface area (TPSA) is 43.6 Å². The third kappa shape index (κ3) is 3.95. The van der Waals surface area contributed by atoms with Gasteiger partial charge in [-0.05, 0) is 61.5 Å². The summed E-state index contributed by atoms with van der Waals surface area (Å²) in [5.74, 6) is 1.91. The second-order valence-corrected chi connectivity index (χ2v) is 13.6. The van der Waals surface area contributed by atoms with Crippen molar-refractivity contribution in [3.8, 4) is 28.5 Å². The summed E-state index contributed by atoms with van der Waals surface area (Å²) in [6.07, 6.45) is 0. The van der Waals surface area contributed by atoms with Gasteiger partial charge in [-0.3, -0.25) is 4.57 Å². The molecule has 0 fully saturated rings. The highest BCUT2D eigenvalue weighted by Crippen LogP contribution is 2.55. The number of nitrogens with zero attached hydrogens (tertiary/aromatic N) is 4. The molecule has 1 aliphatic rings. The second-order valence-electron chi connectivity index (χ2n) is 13.6. The zero-order valence-electron chi connectivity index (χ0n) is 28.1. The summed E-state index contributed by atoms with van der Waals surface area (Å²) in [7, 11) is 0. The lowest BCUT2D eigenvalue weighted by Gasteiger charge is -2.32. The first kappa shape index (κ1) is 28.9. The molecule has 0 aliphatic heterocycles. The van der Waals surface area contributed by atoms with Gasteiger partial charge in [-0.25, -0.2) is 4.98 Å². The van der Waals surface area contributed by atoms with E-state index in [9.17, 15) is 0 Å². The van der Waals surface area contributed by atoms with Gasteiger partial charge in [0.2, 0.25) is 5.95 Å². The first-order chi connectivity index (χ1) is 25.8. The fourth-order valence-corrected chi connectivity index (χ4v) is 8.72. The quantitative estimate of drug-likeness (QED) is 0.188. The molecule has 4 nitrogen and oxygen atoms in total. The van der Waals surface area contributed by atoms with Crippen molar-refractivity contribution >= 4 is 43.4 Å². The molecule has 52 heavy (non-hydrogen) atoms. The van der Waals surface area contributed by atoms with Gasteiger partial charge in [0.05, 0.1) is 11.0 Å². The van der Waals surface area contributed by atoms with Gasteiger partial charge in [0.15, 0.2) is 11.6 Å². The number of aromatic nitrogens is 4.